The standard InChI is InChI=1S/C7H11N/c1-3-4-2-5-7(8-5)6(3)4/h3-8H,2H2,1H3. The quantitative estimate of drug-likeness (QED) is 0.452. The number of hydrogen-bond acceptors (Lipinski definition) is 1. The fourth-order valence-corrected chi connectivity index (χ4v) is 2.62. The Bertz CT molecular complexity index is 141. The molecule has 1 aliphatic heterocycles. The van der Waals surface area contributed by atoms with Gasteiger partial charge in [0.15, 0.2) is 0 Å². The van der Waals surface area contributed by atoms with Crippen LogP contribution < -0.4 is 5.32 Å². The second kappa shape index (κ2) is 0.860. The van der Waals surface area contributed by atoms with Gasteiger partial charge in [0.05, 0.1) is 0 Å². The van der Waals surface area contributed by atoms with Crippen molar-refractivity contribution in [3.63, 3.8) is 0 Å². The van der Waals surface area contributed by atoms with E-state index in [1.807, 2.05) is 0 Å². The summed E-state index contributed by atoms with van der Waals surface area (Å²) in [6, 6.07) is 1.95. The predicted octanol–water partition coefficient (Wildman–Crippen LogP) is 0.613. The molecule has 0 amide bonds. The van der Waals surface area contributed by atoms with Crippen LogP contribution in [-0.4, -0.2) is 12.1 Å². The molecule has 0 aromatic rings. The number of rotatable bonds is 0. The summed E-state index contributed by atoms with van der Waals surface area (Å²) in [6.07, 6.45) is 1.50. The van der Waals surface area contributed by atoms with E-state index in [4.69, 9.17) is 0 Å². The van der Waals surface area contributed by atoms with Gasteiger partial charge in [0.2, 0.25) is 0 Å². The molecule has 3 rings (SSSR count). The molecular weight excluding hydrogens is 98.1 g/mol. The van der Waals surface area contributed by atoms with Gasteiger partial charge in [-0.3, -0.25) is 0 Å². The Morgan fingerprint density at radius 2 is 2.38 bits per heavy atom. The number of fused-ring (bicyclic) bond motifs is 3. The van der Waals surface area contributed by atoms with Gasteiger partial charge < -0.3 is 5.32 Å². The van der Waals surface area contributed by atoms with Gasteiger partial charge in [-0.1, -0.05) is 6.92 Å². The van der Waals surface area contributed by atoms with Crippen molar-refractivity contribution >= 4 is 0 Å². The van der Waals surface area contributed by atoms with Gasteiger partial charge in [-0.15, -0.1) is 0 Å². The maximum Gasteiger partial charge on any atom is 0.0258 e. The highest BCUT2D eigenvalue weighted by Crippen LogP contribution is 2.61. The molecule has 0 radical (unpaired) electrons. The highest BCUT2D eigenvalue weighted by molar-refractivity contribution is 5.21. The molecule has 0 aromatic carbocycles. The summed E-state index contributed by atoms with van der Waals surface area (Å²) in [5, 5.41) is 3.49. The first kappa shape index (κ1) is 3.89. The first-order valence-electron chi connectivity index (χ1n) is 3.64. The number of piperidine rings is 1. The Morgan fingerprint density at radius 3 is 2.88 bits per heavy atom. The van der Waals surface area contributed by atoms with Crippen LogP contribution in [0.2, 0.25) is 0 Å². The molecule has 3 fully saturated rings. The third-order valence-electron chi connectivity index (χ3n) is 3.31. The summed E-state index contributed by atoms with van der Waals surface area (Å²) in [5.41, 5.74) is 0. The molecule has 0 aromatic heterocycles. The van der Waals surface area contributed by atoms with Crippen LogP contribution >= 0.6 is 0 Å². The van der Waals surface area contributed by atoms with E-state index in [1.54, 1.807) is 0 Å². The van der Waals surface area contributed by atoms with Crippen molar-refractivity contribution in [2.75, 3.05) is 0 Å². The van der Waals surface area contributed by atoms with Gasteiger partial charge in [-0.2, -0.15) is 0 Å². The minimum atomic E-state index is 0.973. The summed E-state index contributed by atoms with van der Waals surface area (Å²) in [5.74, 6) is 3.33. The molecule has 8 heavy (non-hydrogen) atoms. The molecule has 1 heterocycles. The second-order valence-electron chi connectivity index (χ2n) is 3.63. The molecule has 44 valence electrons. The zero-order chi connectivity index (χ0) is 5.30. The average molecular weight is 109 g/mol. The van der Waals surface area contributed by atoms with Crippen LogP contribution in [0.15, 0.2) is 0 Å². The highest BCUT2D eigenvalue weighted by atomic mass is 15.2. The zero-order valence-corrected chi connectivity index (χ0v) is 5.09. The summed E-state index contributed by atoms with van der Waals surface area (Å²) >= 11 is 0. The van der Waals surface area contributed by atoms with Crippen molar-refractivity contribution in [1.82, 2.24) is 5.32 Å². The van der Waals surface area contributed by atoms with E-state index < -0.39 is 0 Å². The molecule has 1 heteroatoms. The lowest BCUT2D eigenvalue weighted by Crippen LogP contribution is -1.93. The Balaban J connectivity index is 1.93. The molecule has 2 aliphatic carbocycles. The summed E-state index contributed by atoms with van der Waals surface area (Å²) in [6.45, 7) is 2.39. The van der Waals surface area contributed by atoms with Crippen LogP contribution in [-0.2, 0) is 0 Å². The van der Waals surface area contributed by atoms with E-state index in [9.17, 15) is 0 Å². The van der Waals surface area contributed by atoms with Crippen molar-refractivity contribution in [2.24, 2.45) is 17.8 Å². The van der Waals surface area contributed by atoms with E-state index in [1.165, 1.54) is 6.42 Å². The van der Waals surface area contributed by atoms with E-state index in [2.05, 4.69) is 12.2 Å². The van der Waals surface area contributed by atoms with Crippen molar-refractivity contribution < 1.29 is 0 Å². The lowest BCUT2D eigenvalue weighted by Gasteiger charge is -1.87. The third kappa shape index (κ3) is 0.255. The fourth-order valence-electron chi connectivity index (χ4n) is 2.62. The SMILES string of the molecule is CC1C2CC3NC3C12. The van der Waals surface area contributed by atoms with Crippen LogP contribution in [0, 0.1) is 17.8 Å². The maximum absolute atomic E-state index is 3.49. The lowest BCUT2D eigenvalue weighted by atomic mass is 10.2. The van der Waals surface area contributed by atoms with Crippen molar-refractivity contribution in [1.29, 1.82) is 0 Å². The monoisotopic (exact) mass is 109 g/mol. The van der Waals surface area contributed by atoms with Gasteiger partial charge in [0.1, 0.15) is 0 Å². The van der Waals surface area contributed by atoms with E-state index in [0.29, 0.717) is 0 Å². The third-order valence-corrected chi connectivity index (χ3v) is 3.31. The topological polar surface area (TPSA) is 21.9 Å². The van der Waals surface area contributed by atoms with Crippen LogP contribution in [0.4, 0.5) is 0 Å². The van der Waals surface area contributed by atoms with Crippen molar-refractivity contribution in [3.05, 3.63) is 0 Å². The van der Waals surface area contributed by atoms with Crippen LogP contribution in [0.5, 0.6) is 0 Å². The second-order valence-corrected chi connectivity index (χ2v) is 3.63. The van der Waals surface area contributed by atoms with Gasteiger partial charge in [0, 0.05) is 12.1 Å². The van der Waals surface area contributed by atoms with Gasteiger partial charge >= 0.3 is 0 Å². The molecule has 3 aliphatic rings. The van der Waals surface area contributed by atoms with Crippen LogP contribution in [0.3, 0.4) is 0 Å². The highest BCUT2D eigenvalue weighted by Gasteiger charge is 2.65. The number of hydrogen-bond donors (Lipinski definition) is 1. The van der Waals surface area contributed by atoms with Gasteiger partial charge in [-0.05, 0) is 24.2 Å². The first-order valence-corrected chi connectivity index (χ1v) is 3.64. The number of nitrogens with one attached hydrogen (secondary N) is 1. The van der Waals surface area contributed by atoms with E-state index in [0.717, 1.165) is 29.8 Å². The molecule has 5 atom stereocenters. The molecule has 5 unspecified atom stereocenters. The molecule has 1 saturated heterocycles. The van der Waals surface area contributed by atoms with Crippen LogP contribution in [0.25, 0.3) is 0 Å². The summed E-state index contributed by atoms with van der Waals surface area (Å²) < 4.78 is 0. The van der Waals surface area contributed by atoms with Crippen LogP contribution in [0.1, 0.15) is 13.3 Å². The molecule has 1 nitrogen and oxygen atoms in total. The Labute approximate surface area is 49.5 Å². The van der Waals surface area contributed by atoms with E-state index >= 15 is 0 Å². The maximum atomic E-state index is 3.49. The average Bonchev–Trinajstić information content (AvgIpc) is 2.57. The smallest absolute Gasteiger partial charge is 0.0258 e. The lowest BCUT2D eigenvalue weighted by molar-refractivity contribution is 0.674. The minimum Gasteiger partial charge on any atom is -0.308 e. The zero-order valence-electron chi connectivity index (χ0n) is 5.09. The van der Waals surface area contributed by atoms with Gasteiger partial charge in [0.25, 0.3) is 0 Å². The Kier molecular flexibility index (Phi) is 0.418. The van der Waals surface area contributed by atoms with Crippen molar-refractivity contribution in [2.45, 2.75) is 25.4 Å². The largest absolute Gasteiger partial charge is 0.308 e. The normalized spacial score (nSPS) is 73.9. The molecule has 1 N–H and O–H groups in total. The Hall–Kier alpha value is -0.0400. The fraction of sp³-hybridized carbons (Fsp3) is 1.00. The van der Waals surface area contributed by atoms with Gasteiger partial charge in [-0.25, -0.2) is 0 Å². The minimum absolute atomic E-state index is 0.973. The molecular formula is C7H11N. The predicted molar refractivity (Wildman–Crippen MR) is 31.5 cm³/mol. The summed E-state index contributed by atoms with van der Waals surface area (Å²) in [4.78, 5) is 0. The van der Waals surface area contributed by atoms with Crippen molar-refractivity contribution in [3.8, 4) is 0 Å². The Morgan fingerprint density at radius 1 is 1.50 bits per heavy atom. The summed E-state index contributed by atoms with van der Waals surface area (Å²) in [7, 11) is 0. The molecule has 0 spiro atoms. The molecule has 2 saturated carbocycles. The first-order chi connectivity index (χ1) is 3.88. The van der Waals surface area contributed by atoms with E-state index in [-0.39, 0.29) is 0 Å². The molecule has 0 bridgehead atoms.